The van der Waals surface area contributed by atoms with Crippen molar-refractivity contribution >= 4 is 11.8 Å². The first-order chi connectivity index (χ1) is 11.0. The van der Waals surface area contributed by atoms with E-state index in [2.05, 4.69) is 16.9 Å². The maximum atomic E-state index is 13.9. The normalized spacial score (nSPS) is 10.3. The van der Waals surface area contributed by atoms with Crippen LogP contribution in [0.4, 0.5) is 16.2 Å². The maximum absolute atomic E-state index is 13.9. The third-order valence-electron chi connectivity index (χ3n) is 3.23. The van der Waals surface area contributed by atoms with Crippen molar-refractivity contribution in [2.75, 3.05) is 18.1 Å². The molecule has 1 aromatic heterocycles. The summed E-state index contributed by atoms with van der Waals surface area (Å²) in [5.41, 5.74) is 11.9. The standard InChI is InChI=1S/C16H18FN5O/c1-2-3-4-5-23-12-7-10(6-11(17)8-12)14-13(9-18)15(19)22-16(20)21-14/h6-8H,2-5H2,1H3,(H4,19,20,21,22). The summed E-state index contributed by atoms with van der Waals surface area (Å²) >= 11 is 0. The van der Waals surface area contributed by atoms with E-state index in [0.29, 0.717) is 17.9 Å². The van der Waals surface area contributed by atoms with E-state index in [9.17, 15) is 9.65 Å². The molecule has 0 aliphatic rings. The van der Waals surface area contributed by atoms with Crippen LogP contribution in [0.3, 0.4) is 0 Å². The van der Waals surface area contributed by atoms with Crippen molar-refractivity contribution in [3.63, 3.8) is 0 Å². The molecule has 2 rings (SSSR count). The van der Waals surface area contributed by atoms with E-state index in [1.165, 1.54) is 12.1 Å². The average Bonchev–Trinajstić information content (AvgIpc) is 2.50. The van der Waals surface area contributed by atoms with Gasteiger partial charge in [0.1, 0.15) is 29.0 Å². The molecule has 4 N–H and O–H groups in total. The molecule has 120 valence electrons. The van der Waals surface area contributed by atoms with Crippen LogP contribution in [0, 0.1) is 17.1 Å². The number of nitrogens with two attached hydrogens (primary N) is 2. The lowest BCUT2D eigenvalue weighted by Crippen LogP contribution is -2.05. The molecule has 0 unspecified atom stereocenters. The number of hydrogen-bond donors (Lipinski definition) is 2. The number of hydrogen-bond acceptors (Lipinski definition) is 6. The number of unbranched alkanes of at least 4 members (excludes halogenated alkanes) is 2. The summed E-state index contributed by atoms with van der Waals surface area (Å²) in [5, 5.41) is 9.21. The number of halogens is 1. The molecule has 0 bridgehead atoms. The zero-order valence-electron chi connectivity index (χ0n) is 12.8. The van der Waals surface area contributed by atoms with E-state index >= 15 is 0 Å². The molecule has 0 aliphatic carbocycles. The van der Waals surface area contributed by atoms with Crippen LogP contribution in [0.25, 0.3) is 11.3 Å². The number of nitriles is 1. The van der Waals surface area contributed by atoms with Crippen LogP contribution >= 0.6 is 0 Å². The van der Waals surface area contributed by atoms with Gasteiger partial charge in [0.15, 0.2) is 0 Å². The molecule has 0 aliphatic heterocycles. The first-order valence-corrected chi connectivity index (χ1v) is 7.32. The van der Waals surface area contributed by atoms with Crippen LogP contribution in [-0.4, -0.2) is 16.6 Å². The van der Waals surface area contributed by atoms with Crippen molar-refractivity contribution in [3.8, 4) is 23.1 Å². The number of ether oxygens (including phenoxy) is 1. The van der Waals surface area contributed by atoms with Gasteiger partial charge < -0.3 is 16.2 Å². The van der Waals surface area contributed by atoms with E-state index in [1.54, 1.807) is 6.07 Å². The van der Waals surface area contributed by atoms with Crippen molar-refractivity contribution in [3.05, 3.63) is 29.6 Å². The maximum Gasteiger partial charge on any atom is 0.222 e. The Hall–Kier alpha value is -2.88. The van der Waals surface area contributed by atoms with Crippen LogP contribution in [0.1, 0.15) is 31.7 Å². The summed E-state index contributed by atoms with van der Waals surface area (Å²) in [6.07, 6.45) is 3.00. The Morgan fingerprint density at radius 1 is 1.22 bits per heavy atom. The molecule has 0 saturated heterocycles. The second-order valence-electron chi connectivity index (χ2n) is 5.03. The molecule has 0 spiro atoms. The van der Waals surface area contributed by atoms with Crippen molar-refractivity contribution < 1.29 is 9.13 Å². The highest BCUT2D eigenvalue weighted by molar-refractivity contribution is 5.73. The second kappa shape index (κ2) is 7.40. The fraction of sp³-hybridized carbons (Fsp3) is 0.312. The summed E-state index contributed by atoms with van der Waals surface area (Å²) in [7, 11) is 0. The number of anilines is 2. The predicted octanol–water partition coefficient (Wildman–Crippen LogP) is 2.89. The number of aromatic nitrogens is 2. The van der Waals surface area contributed by atoms with E-state index in [-0.39, 0.29) is 23.0 Å². The SMILES string of the molecule is CCCCCOc1cc(F)cc(-c2nc(N)nc(N)c2C#N)c1. The summed E-state index contributed by atoms with van der Waals surface area (Å²) in [4.78, 5) is 7.75. The van der Waals surface area contributed by atoms with Crippen LogP contribution in [0.2, 0.25) is 0 Å². The van der Waals surface area contributed by atoms with Crippen LogP contribution in [0.5, 0.6) is 5.75 Å². The van der Waals surface area contributed by atoms with Crippen LogP contribution in [-0.2, 0) is 0 Å². The molecule has 7 heteroatoms. The summed E-state index contributed by atoms with van der Waals surface area (Å²) in [6.45, 7) is 2.59. The van der Waals surface area contributed by atoms with Gasteiger partial charge in [-0.2, -0.15) is 10.2 Å². The number of benzene rings is 1. The molecule has 0 radical (unpaired) electrons. The number of nitrogen functional groups attached to an aromatic ring is 2. The molecule has 0 amide bonds. The van der Waals surface area contributed by atoms with Gasteiger partial charge in [-0.3, -0.25) is 0 Å². The molecule has 6 nitrogen and oxygen atoms in total. The third-order valence-corrected chi connectivity index (χ3v) is 3.23. The first kappa shape index (κ1) is 16.5. The van der Waals surface area contributed by atoms with Gasteiger partial charge in [0, 0.05) is 11.6 Å². The Morgan fingerprint density at radius 2 is 2.00 bits per heavy atom. The minimum Gasteiger partial charge on any atom is -0.493 e. The minimum atomic E-state index is -0.493. The van der Waals surface area contributed by atoms with Gasteiger partial charge in [-0.05, 0) is 18.6 Å². The minimum absolute atomic E-state index is 0.0373. The van der Waals surface area contributed by atoms with Crippen molar-refractivity contribution in [2.45, 2.75) is 26.2 Å². The molecule has 2 aromatic rings. The highest BCUT2D eigenvalue weighted by atomic mass is 19.1. The van der Waals surface area contributed by atoms with Crippen molar-refractivity contribution in [1.82, 2.24) is 9.97 Å². The topological polar surface area (TPSA) is 111 Å². The van der Waals surface area contributed by atoms with Crippen LogP contribution < -0.4 is 16.2 Å². The van der Waals surface area contributed by atoms with Crippen molar-refractivity contribution in [1.29, 1.82) is 5.26 Å². The fourth-order valence-electron chi connectivity index (χ4n) is 2.14. The number of nitrogens with zero attached hydrogens (tertiary/aromatic N) is 3. The smallest absolute Gasteiger partial charge is 0.222 e. The van der Waals surface area contributed by atoms with Gasteiger partial charge in [0.2, 0.25) is 5.95 Å². The molecule has 1 heterocycles. The van der Waals surface area contributed by atoms with E-state index < -0.39 is 5.82 Å². The van der Waals surface area contributed by atoms with Gasteiger partial charge in [-0.15, -0.1) is 0 Å². The van der Waals surface area contributed by atoms with Gasteiger partial charge in [0.05, 0.1) is 12.3 Å². The molecule has 1 aromatic carbocycles. The third kappa shape index (κ3) is 4.07. The first-order valence-electron chi connectivity index (χ1n) is 7.32. The largest absolute Gasteiger partial charge is 0.493 e. The lowest BCUT2D eigenvalue weighted by molar-refractivity contribution is 0.305. The van der Waals surface area contributed by atoms with Crippen LogP contribution in [0.15, 0.2) is 18.2 Å². The Bertz CT molecular complexity index is 742. The Labute approximate surface area is 133 Å². The predicted molar refractivity (Wildman–Crippen MR) is 86.0 cm³/mol. The average molecular weight is 315 g/mol. The zero-order valence-corrected chi connectivity index (χ0v) is 12.8. The van der Waals surface area contributed by atoms with Gasteiger partial charge >= 0.3 is 0 Å². The molecular formula is C16H18FN5O. The van der Waals surface area contributed by atoms with Crippen molar-refractivity contribution in [2.24, 2.45) is 0 Å². The second-order valence-corrected chi connectivity index (χ2v) is 5.03. The highest BCUT2D eigenvalue weighted by Crippen LogP contribution is 2.29. The quantitative estimate of drug-likeness (QED) is 0.793. The molecule has 0 atom stereocenters. The lowest BCUT2D eigenvalue weighted by Gasteiger charge is -2.10. The molecular weight excluding hydrogens is 297 g/mol. The van der Waals surface area contributed by atoms with Gasteiger partial charge in [-0.1, -0.05) is 19.8 Å². The lowest BCUT2D eigenvalue weighted by atomic mass is 10.1. The Morgan fingerprint density at radius 3 is 2.70 bits per heavy atom. The number of rotatable bonds is 6. The summed E-state index contributed by atoms with van der Waals surface area (Å²) in [6, 6.07) is 6.07. The Balaban J connectivity index is 2.37. The summed E-state index contributed by atoms with van der Waals surface area (Å²) < 4.78 is 19.4. The highest BCUT2D eigenvalue weighted by Gasteiger charge is 2.15. The monoisotopic (exact) mass is 315 g/mol. The molecule has 0 fully saturated rings. The summed E-state index contributed by atoms with van der Waals surface area (Å²) in [5.74, 6) is -0.237. The Kier molecular flexibility index (Phi) is 5.31. The fourth-order valence-corrected chi connectivity index (χ4v) is 2.14. The molecule has 23 heavy (non-hydrogen) atoms. The van der Waals surface area contributed by atoms with Gasteiger partial charge in [0.25, 0.3) is 0 Å². The van der Waals surface area contributed by atoms with Gasteiger partial charge in [-0.25, -0.2) is 9.37 Å². The van der Waals surface area contributed by atoms with E-state index in [0.717, 1.165) is 19.3 Å². The molecule has 0 saturated carbocycles. The zero-order chi connectivity index (χ0) is 16.8. The van der Waals surface area contributed by atoms with E-state index in [4.69, 9.17) is 16.2 Å². The van der Waals surface area contributed by atoms with E-state index in [1.807, 2.05) is 6.07 Å².